The van der Waals surface area contributed by atoms with E-state index in [4.69, 9.17) is 0 Å². The van der Waals surface area contributed by atoms with Crippen LogP contribution < -0.4 is 5.32 Å². The Morgan fingerprint density at radius 1 is 0.870 bits per heavy atom. The number of rotatable bonds is 5. The van der Waals surface area contributed by atoms with Crippen LogP contribution in [0.4, 0.5) is 0 Å². The average Bonchev–Trinajstić information content (AvgIpc) is 2.59. The summed E-state index contributed by atoms with van der Waals surface area (Å²) in [5.41, 5.74) is 2.59. The van der Waals surface area contributed by atoms with Gasteiger partial charge in [-0.05, 0) is 28.8 Å². The van der Waals surface area contributed by atoms with E-state index >= 15 is 0 Å². The molecule has 0 aliphatic rings. The molecule has 0 spiro atoms. The molecule has 118 valence electrons. The van der Waals surface area contributed by atoms with Crippen LogP contribution in [0, 0.1) is 0 Å². The fourth-order valence-electron chi connectivity index (χ4n) is 2.74. The lowest BCUT2D eigenvalue weighted by atomic mass is 10.00. The van der Waals surface area contributed by atoms with Crippen molar-refractivity contribution in [3.8, 4) is 0 Å². The van der Waals surface area contributed by atoms with Crippen LogP contribution in [0.25, 0.3) is 16.8 Å². The zero-order valence-corrected chi connectivity index (χ0v) is 14.1. The Bertz CT molecular complexity index is 760. The van der Waals surface area contributed by atoms with Gasteiger partial charge in [0, 0.05) is 12.6 Å². The summed E-state index contributed by atoms with van der Waals surface area (Å²) in [6.07, 6.45) is 4.33. The lowest BCUT2D eigenvalue weighted by Gasteiger charge is -2.15. The Morgan fingerprint density at radius 2 is 1.57 bits per heavy atom. The maximum Gasteiger partial charge on any atom is 0.0300 e. The molecule has 0 unspecified atom stereocenters. The molecule has 0 radical (unpaired) electrons. The van der Waals surface area contributed by atoms with E-state index in [1.54, 1.807) is 0 Å². The van der Waals surface area contributed by atoms with Gasteiger partial charge in [0.05, 0.1) is 0 Å². The predicted octanol–water partition coefficient (Wildman–Crippen LogP) is 5.63. The van der Waals surface area contributed by atoms with E-state index in [1.165, 1.54) is 21.9 Å². The van der Waals surface area contributed by atoms with Crippen LogP contribution >= 0.6 is 12.4 Å². The summed E-state index contributed by atoms with van der Waals surface area (Å²) >= 11 is 0. The lowest BCUT2D eigenvalue weighted by molar-refractivity contribution is 0.622. The fraction of sp³-hybridized carbons (Fsp3) is 0.143. The predicted molar refractivity (Wildman–Crippen MR) is 103 cm³/mol. The maximum atomic E-state index is 3.57. The maximum absolute atomic E-state index is 3.57. The Morgan fingerprint density at radius 3 is 2.39 bits per heavy atom. The standard InChI is InChI=1S/C21H21N.ClH/c1-17(22-16-8-11-18-9-3-2-4-10-18)20-15-7-13-19-12-5-6-14-21(19)20;/h2-15,17,22H,16H2,1H3;1H/b11-8+;/t17-;/m1./s1. The van der Waals surface area contributed by atoms with E-state index in [2.05, 4.69) is 91.1 Å². The van der Waals surface area contributed by atoms with Crippen molar-refractivity contribution >= 4 is 29.3 Å². The molecule has 0 aliphatic heterocycles. The summed E-state index contributed by atoms with van der Waals surface area (Å²) in [5.74, 6) is 0. The van der Waals surface area contributed by atoms with Gasteiger partial charge in [-0.2, -0.15) is 0 Å². The number of benzene rings is 3. The van der Waals surface area contributed by atoms with Crippen molar-refractivity contribution in [2.75, 3.05) is 6.54 Å². The van der Waals surface area contributed by atoms with Crippen LogP contribution in [0.5, 0.6) is 0 Å². The smallest absolute Gasteiger partial charge is 0.0300 e. The molecule has 3 aromatic carbocycles. The van der Waals surface area contributed by atoms with E-state index in [1.807, 2.05) is 6.07 Å². The highest BCUT2D eigenvalue weighted by atomic mass is 35.5. The number of hydrogen-bond donors (Lipinski definition) is 1. The van der Waals surface area contributed by atoms with Crippen LogP contribution in [0.1, 0.15) is 24.1 Å². The van der Waals surface area contributed by atoms with Crippen molar-refractivity contribution in [3.63, 3.8) is 0 Å². The van der Waals surface area contributed by atoms with Crippen molar-refractivity contribution in [1.29, 1.82) is 0 Å². The zero-order valence-electron chi connectivity index (χ0n) is 13.3. The highest BCUT2D eigenvalue weighted by Gasteiger charge is 2.07. The van der Waals surface area contributed by atoms with Crippen LogP contribution in [0.2, 0.25) is 0 Å². The Labute approximate surface area is 144 Å². The second-order valence-electron chi connectivity index (χ2n) is 5.51. The Kier molecular flexibility index (Phi) is 6.40. The minimum Gasteiger partial charge on any atom is -0.307 e. The van der Waals surface area contributed by atoms with Crippen molar-refractivity contribution in [3.05, 3.63) is 90.0 Å². The van der Waals surface area contributed by atoms with E-state index in [0.717, 1.165) is 6.54 Å². The second-order valence-corrected chi connectivity index (χ2v) is 5.51. The molecule has 0 amide bonds. The highest BCUT2D eigenvalue weighted by molar-refractivity contribution is 5.86. The summed E-state index contributed by atoms with van der Waals surface area (Å²) in [7, 11) is 0. The number of hydrogen-bond acceptors (Lipinski definition) is 1. The largest absolute Gasteiger partial charge is 0.307 e. The first-order valence-corrected chi connectivity index (χ1v) is 7.77. The van der Waals surface area contributed by atoms with Gasteiger partial charge in [-0.25, -0.2) is 0 Å². The molecule has 23 heavy (non-hydrogen) atoms. The molecule has 1 N–H and O–H groups in total. The van der Waals surface area contributed by atoms with Gasteiger partial charge >= 0.3 is 0 Å². The zero-order chi connectivity index (χ0) is 15.2. The van der Waals surface area contributed by atoms with Gasteiger partial charge in [-0.1, -0.05) is 84.9 Å². The number of nitrogens with one attached hydrogen (secondary N) is 1. The van der Waals surface area contributed by atoms with Gasteiger partial charge in [-0.3, -0.25) is 0 Å². The molecule has 2 heteroatoms. The number of halogens is 1. The van der Waals surface area contributed by atoms with Crippen molar-refractivity contribution in [1.82, 2.24) is 5.32 Å². The summed E-state index contributed by atoms with van der Waals surface area (Å²) in [6, 6.07) is 25.8. The third kappa shape index (κ3) is 4.44. The third-order valence-electron chi connectivity index (χ3n) is 3.94. The SMILES string of the molecule is C[C@@H](NC/C=C/c1ccccc1)c1cccc2ccccc12.Cl. The topological polar surface area (TPSA) is 12.0 Å². The summed E-state index contributed by atoms with van der Waals surface area (Å²) < 4.78 is 0. The quantitative estimate of drug-likeness (QED) is 0.642. The Hall–Kier alpha value is -2.09. The van der Waals surface area contributed by atoms with E-state index in [-0.39, 0.29) is 12.4 Å². The molecule has 0 heterocycles. The molecule has 3 rings (SSSR count). The highest BCUT2D eigenvalue weighted by Crippen LogP contribution is 2.23. The van der Waals surface area contributed by atoms with Gasteiger partial charge < -0.3 is 5.32 Å². The first-order valence-electron chi connectivity index (χ1n) is 7.77. The molecule has 0 bridgehead atoms. The third-order valence-corrected chi connectivity index (χ3v) is 3.94. The molecular formula is C21H22ClN. The van der Waals surface area contributed by atoms with Crippen LogP contribution in [-0.2, 0) is 0 Å². The minimum absolute atomic E-state index is 0. The van der Waals surface area contributed by atoms with Crippen LogP contribution in [-0.4, -0.2) is 6.54 Å². The molecule has 0 saturated heterocycles. The summed E-state index contributed by atoms with van der Waals surface area (Å²) in [4.78, 5) is 0. The first kappa shape index (κ1) is 17.3. The van der Waals surface area contributed by atoms with Crippen LogP contribution in [0.3, 0.4) is 0 Å². The average molecular weight is 324 g/mol. The fourth-order valence-corrected chi connectivity index (χ4v) is 2.74. The van der Waals surface area contributed by atoms with Gasteiger partial charge in [-0.15, -0.1) is 12.4 Å². The summed E-state index contributed by atoms with van der Waals surface area (Å²) in [5, 5.41) is 6.20. The second kappa shape index (κ2) is 8.52. The molecule has 1 nitrogen and oxygen atoms in total. The molecular weight excluding hydrogens is 302 g/mol. The molecule has 1 atom stereocenters. The lowest BCUT2D eigenvalue weighted by Crippen LogP contribution is -2.18. The Balaban J connectivity index is 0.00000192. The molecule has 0 fully saturated rings. The van der Waals surface area contributed by atoms with E-state index in [9.17, 15) is 0 Å². The number of fused-ring (bicyclic) bond motifs is 1. The molecule has 3 aromatic rings. The summed E-state index contributed by atoms with van der Waals surface area (Å²) in [6.45, 7) is 3.08. The van der Waals surface area contributed by atoms with Crippen molar-refractivity contribution in [2.24, 2.45) is 0 Å². The van der Waals surface area contributed by atoms with E-state index in [0.29, 0.717) is 6.04 Å². The van der Waals surface area contributed by atoms with Gasteiger partial charge in [0.25, 0.3) is 0 Å². The molecule has 0 aliphatic carbocycles. The van der Waals surface area contributed by atoms with Crippen molar-refractivity contribution < 1.29 is 0 Å². The normalized spacial score (nSPS) is 12.2. The van der Waals surface area contributed by atoms with Gasteiger partial charge in [0.1, 0.15) is 0 Å². The monoisotopic (exact) mass is 323 g/mol. The van der Waals surface area contributed by atoms with Gasteiger partial charge in [0.15, 0.2) is 0 Å². The first-order chi connectivity index (χ1) is 10.8. The van der Waals surface area contributed by atoms with Crippen LogP contribution in [0.15, 0.2) is 78.9 Å². The van der Waals surface area contributed by atoms with E-state index < -0.39 is 0 Å². The molecule has 0 saturated carbocycles. The minimum atomic E-state index is 0. The van der Waals surface area contributed by atoms with Crippen molar-refractivity contribution in [2.45, 2.75) is 13.0 Å². The van der Waals surface area contributed by atoms with Gasteiger partial charge in [0.2, 0.25) is 0 Å². The molecule has 0 aromatic heterocycles.